The molecule has 0 aliphatic carbocycles. The van der Waals surface area contributed by atoms with E-state index in [9.17, 15) is 0 Å². The second kappa shape index (κ2) is 5.33. The van der Waals surface area contributed by atoms with E-state index in [1.807, 2.05) is 12.3 Å². The van der Waals surface area contributed by atoms with Crippen molar-refractivity contribution in [3.8, 4) is 0 Å². The maximum absolute atomic E-state index is 4.76. The van der Waals surface area contributed by atoms with Gasteiger partial charge in [0.15, 0.2) is 0 Å². The Hall–Kier alpha value is -3.91. The first-order valence-electron chi connectivity index (χ1n) is 9.90. The summed E-state index contributed by atoms with van der Waals surface area (Å²) < 4.78 is 2.26. The van der Waals surface area contributed by atoms with Gasteiger partial charge in [-0.05, 0) is 51.2 Å². The van der Waals surface area contributed by atoms with Gasteiger partial charge in [0.2, 0.25) is 0 Å². The topological polar surface area (TPSA) is 17.3 Å². The van der Waals surface area contributed by atoms with Crippen molar-refractivity contribution in [2.45, 2.75) is 0 Å². The molecule has 3 aromatic heterocycles. The van der Waals surface area contributed by atoms with Gasteiger partial charge in [-0.25, -0.2) is 4.98 Å². The molecule has 0 unspecified atom stereocenters. The molecule has 0 amide bonds. The summed E-state index contributed by atoms with van der Waals surface area (Å²) in [5, 5.41) is 11.4. The summed E-state index contributed by atoms with van der Waals surface area (Å²) in [6, 6.07) is 30.6. The minimum absolute atomic E-state index is 1.01. The van der Waals surface area contributed by atoms with Gasteiger partial charge in [-0.3, -0.25) is 4.40 Å². The van der Waals surface area contributed by atoms with Crippen molar-refractivity contribution in [2.75, 3.05) is 0 Å². The summed E-state index contributed by atoms with van der Waals surface area (Å²) in [6.07, 6.45) is 4.10. The molecule has 7 rings (SSSR count). The Morgan fingerprint density at radius 3 is 2.21 bits per heavy atom. The molecule has 0 fully saturated rings. The Morgan fingerprint density at radius 1 is 0.517 bits per heavy atom. The predicted molar refractivity (Wildman–Crippen MR) is 123 cm³/mol. The van der Waals surface area contributed by atoms with Gasteiger partial charge in [0.05, 0.1) is 5.52 Å². The Labute approximate surface area is 166 Å². The van der Waals surface area contributed by atoms with Crippen LogP contribution in [-0.2, 0) is 0 Å². The average Bonchev–Trinajstić information content (AvgIpc) is 3.18. The van der Waals surface area contributed by atoms with Crippen molar-refractivity contribution in [3.63, 3.8) is 0 Å². The van der Waals surface area contributed by atoms with E-state index < -0.39 is 0 Å². The second-order valence-electron chi connectivity index (χ2n) is 7.72. The second-order valence-corrected chi connectivity index (χ2v) is 7.72. The van der Waals surface area contributed by atoms with E-state index in [1.54, 1.807) is 0 Å². The summed E-state index contributed by atoms with van der Waals surface area (Å²) in [4.78, 5) is 4.76. The molecular formula is C27H16N2. The Morgan fingerprint density at radius 2 is 1.28 bits per heavy atom. The van der Waals surface area contributed by atoms with Gasteiger partial charge in [0, 0.05) is 33.9 Å². The molecule has 134 valence electrons. The van der Waals surface area contributed by atoms with E-state index >= 15 is 0 Å². The molecule has 0 radical (unpaired) electrons. The first-order valence-corrected chi connectivity index (χ1v) is 9.90. The summed E-state index contributed by atoms with van der Waals surface area (Å²) >= 11 is 0. The van der Waals surface area contributed by atoms with Crippen molar-refractivity contribution in [1.29, 1.82) is 0 Å². The molecule has 2 nitrogen and oxygen atoms in total. The molecule has 0 saturated heterocycles. The highest BCUT2D eigenvalue weighted by Gasteiger charge is 2.14. The lowest BCUT2D eigenvalue weighted by molar-refractivity contribution is 1.21. The van der Waals surface area contributed by atoms with Crippen molar-refractivity contribution in [1.82, 2.24) is 9.38 Å². The van der Waals surface area contributed by atoms with E-state index in [4.69, 9.17) is 4.98 Å². The van der Waals surface area contributed by atoms with Crippen LogP contribution in [0.1, 0.15) is 0 Å². The summed E-state index contributed by atoms with van der Waals surface area (Å²) in [5.41, 5.74) is 2.24. The minimum Gasteiger partial charge on any atom is -0.299 e. The van der Waals surface area contributed by atoms with Gasteiger partial charge in [0.25, 0.3) is 0 Å². The molecule has 7 aromatic rings. The van der Waals surface area contributed by atoms with Crippen LogP contribution in [-0.4, -0.2) is 9.38 Å². The van der Waals surface area contributed by atoms with E-state index in [0.717, 1.165) is 5.65 Å². The maximum atomic E-state index is 4.76. The molecule has 0 aliphatic heterocycles. The monoisotopic (exact) mass is 368 g/mol. The fourth-order valence-corrected chi connectivity index (χ4v) is 4.87. The zero-order chi connectivity index (χ0) is 18.9. The summed E-state index contributed by atoms with van der Waals surface area (Å²) in [6.45, 7) is 0. The van der Waals surface area contributed by atoms with Gasteiger partial charge in [-0.15, -0.1) is 0 Å². The van der Waals surface area contributed by atoms with E-state index in [2.05, 4.69) is 89.5 Å². The van der Waals surface area contributed by atoms with Gasteiger partial charge in [-0.1, -0.05) is 60.7 Å². The van der Waals surface area contributed by atoms with Crippen LogP contribution in [0.2, 0.25) is 0 Å². The Bertz CT molecular complexity index is 1760. The lowest BCUT2D eigenvalue weighted by Gasteiger charge is -2.11. The molecule has 29 heavy (non-hydrogen) atoms. The van der Waals surface area contributed by atoms with E-state index in [0.29, 0.717) is 0 Å². The lowest BCUT2D eigenvalue weighted by atomic mass is 9.96. The fraction of sp³-hybridized carbons (Fsp3) is 0. The molecule has 0 bridgehead atoms. The minimum atomic E-state index is 1.01. The quantitative estimate of drug-likeness (QED) is 0.206. The zero-order valence-corrected chi connectivity index (χ0v) is 15.6. The van der Waals surface area contributed by atoms with Crippen LogP contribution in [0.5, 0.6) is 0 Å². The van der Waals surface area contributed by atoms with E-state index in [-0.39, 0.29) is 0 Å². The van der Waals surface area contributed by atoms with Crippen molar-refractivity contribution in [2.24, 2.45) is 0 Å². The maximum Gasteiger partial charge on any atom is 0.145 e. The Balaban J connectivity index is 1.83. The molecule has 0 aliphatic rings. The number of pyridine rings is 2. The third-order valence-corrected chi connectivity index (χ3v) is 6.17. The summed E-state index contributed by atoms with van der Waals surface area (Å²) in [7, 11) is 0. The fourth-order valence-electron chi connectivity index (χ4n) is 4.87. The highest BCUT2D eigenvalue weighted by atomic mass is 15.0. The largest absolute Gasteiger partial charge is 0.299 e. The zero-order valence-electron chi connectivity index (χ0n) is 15.6. The van der Waals surface area contributed by atoms with Crippen molar-refractivity contribution < 1.29 is 0 Å². The first-order chi connectivity index (χ1) is 14.4. The van der Waals surface area contributed by atoms with Crippen LogP contribution >= 0.6 is 0 Å². The molecule has 0 spiro atoms. The predicted octanol–water partition coefficient (Wildman–Crippen LogP) is 7.10. The van der Waals surface area contributed by atoms with Crippen LogP contribution in [0.15, 0.2) is 97.3 Å². The van der Waals surface area contributed by atoms with Crippen molar-refractivity contribution >= 4 is 59.6 Å². The number of benzene rings is 4. The Kier molecular flexibility index (Phi) is 2.77. The van der Waals surface area contributed by atoms with Crippen LogP contribution < -0.4 is 0 Å². The SMILES string of the molecule is c1ccc2c(c1)ccc1cc3c(cc12)c1cccnc1n1cc2ccccc2c31. The first kappa shape index (κ1) is 15.1. The third-order valence-electron chi connectivity index (χ3n) is 6.17. The van der Waals surface area contributed by atoms with Gasteiger partial charge < -0.3 is 0 Å². The average molecular weight is 368 g/mol. The van der Waals surface area contributed by atoms with Gasteiger partial charge >= 0.3 is 0 Å². The number of aromatic nitrogens is 2. The van der Waals surface area contributed by atoms with E-state index in [1.165, 1.54) is 54.0 Å². The number of nitrogens with zero attached hydrogens (tertiary/aromatic N) is 2. The molecule has 0 saturated carbocycles. The summed E-state index contributed by atoms with van der Waals surface area (Å²) in [5.74, 6) is 0. The highest BCUT2D eigenvalue weighted by Crippen LogP contribution is 2.38. The van der Waals surface area contributed by atoms with Crippen molar-refractivity contribution in [3.05, 3.63) is 97.3 Å². The van der Waals surface area contributed by atoms with Gasteiger partial charge in [0.1, 0.15) is 5.65 Å². The highest BCUT2D eigenvalue weighted by molar-refractivity contribution is 6.23. The molecule has 4 aromatic carbocycles. The number of fused-ring (bicyclic) bond motifs is 11. The lowest BCUT2D eigenvalue weighted by Crippen LogP contribution is -1.92. The normalized spacial score (nSPS) is 12.1. The smallest absolute Gasteiger partial charge is 0.145 e. The molecule has 3 heterocycles. The number of hydrogen-bond donors (Lipinski definition) is 0. The van der Waals surface area contributed by atoms with Crippen LogP contribution in [0.4, 0.5) is 0 Å². The molecule has 0 atom stereocenters. The number of hydrogen-bond acceptors (Lipinski definition) is 1. The van der Waals surface area contributed by atoms with Gasteiger partial charge in [-0.2, -0.15) is 0 Å². The number of rotatable bonds is 0. The van der Waals surface area contributed by atoms with Crippen LogP contribution in [0, 0.1) is 0 Å². The molecule has 0 N–H and O–H groups in total. The molecular weight excluding hydrogens is 352 g/mol. The standard InChI is InChI=1S/C27H16N2/c1-3-8-20-17(6-1)11-12-18-14-25-24(15-23(18)20)22-10-5-13-28-27(22)29-16-19-7-2-4-9-21(19)26(25)29/h1-16H. The van der Waals surface area contributed by atoms with Crippen LogP contribution in [0.3, 0.4) is 0 Å². The molecule has 2 heteroatoms. The van der Waals surface area contributed by atoms with Crippen LogP contribution in [0.25, 0.3) is 59.6 Å². The third kappa shape index (κ3) is 1.93.